The third kappa shape index (κ3) is 16.9. The highest BCUT2D eigenvalue weighted by Gasteiger charge is 2.49. The summed E-state index contributed by atoms with van der Waals surface area (Å²) >= 11 is 0. The number of halogens is 6. The quantitative estimate of drug-likeness (QED) is 0.00425. The fraction of sp³-hybridized carbons (Fsp3) is 0.434. The van der Waals surface area contributed by atoms with Crippen LogP contribution in [0, 0.1) is 46.7 Å². The second kappa shape index (κ2) is 30.4. The van der Waals surface area contributed by atoms with Gasteiger partial charge in [-0.3, -0.25) is 14.4 Å². The van der Waals surface area contributed by atoms with Crippen LogP contribution in [0.3, 0.4) is 0 Å². The molecular weight excluding hydrogens is 1210 g/mol. The lowest BCUT2D eigenvalue weighted by Crippen LogP contribution is -2.61. The largest absolute Gasteiger partial charge is 0.492 e. The zero-order valence-electron chi connectivity index (χ0n) is 46.1. The Kier molecular flexibility index (Phi) is 23.4. The summed E-state index contributed by atoms with van der Waals surface area (Å²) in [5.74, 6) is -13.1. The van der Waals surface area contributed by atoms with Crippen LogP contribution in [0.25, 0.3) is 11.0 Å². The molecule has 4 heterocycles. The summed E-state index contributed by atoms with van der Waals surface area (Å²) in [6, 6.07) is 8.18. The summed E-state index contributed by atoms with van der Waals surface area (Å²) in [6.45, 7) is 0.292. The van der Waals surface area contributed by atoms with E-state index in [1.165, 1.54) is 58.1 Å². The van der Waals surface area contributed by atoms with Gasteiger partial charge in [0.25, 0.3) is 10.2 Å². The number of hydrogen-bond acceptors (Lipinski definition) is 21. The first kappa shape index (κ1) is 67.7. The molecule has 0 aliphatic carbocycles. The Bertz CT molecular complexity index is 3520. The molecule has 9 atom stereocenters. The normalized spacial score (nSPS) is 20.9. The van der Waals surface area contributed by atoms with Gasteiger partial charge < -0.3 is 84.9 Å². The number of rotatable bonds is 28. The predicted octanol–water partition coefficient (Wildman–Crippen LogP) is -0.849. The van der Waals surface area contributed by atoms with Crippen molar-refractivity contribution in [2.75, 3.05) is 70.4 Å². The summed E-state index contributed by atoms with van der Waals surface area (Å²) in [5.41, 5.74) is 6.73. The predicted molar refractivity (Wildman–Crippen MR) is 285 cm³/mol. The van der Waals surface area contributed by atoms with Gasteiger partial charge in [-0.05, 0) is 36.8 Å². The number of aliphatic hydroxyl groups is 5. The summed E-state index contributed by atoms with van der Waals surface area (Å²) < 4.78 is 154. The van der Waals surface area contributed by atoms with Crippen LogP contribution in [0.15, 0.2) is 48.9 Å². The fourth-order valence-electron chi connectivity index (χ4n) is 8.74. The van der Waals surface area contributed by atoms with Crippen LogP contribution in [0.2, 0.25) is 0 Å². The molecule has 2 saturated heterocycles. The highest BCUT2D eigenvalue weighted by molar-refractivity contribution is 7.87. The number of carboxylic acid groups (broad SMARTS) is 1. The van der Waals surface area contributed by atoms with Crippen molar-refractivity contribution in [1.29, 1.82) is 0 Å². The minimum Gasteiger partial charge on any atom is -0.492 e. The lowest BCUT2D eigenvalue weighted by molar-refractivity contribution is -0.668. The zero-order chi connectivity index (χ0) is 64.1. The number of aliphatic hydroxyl groups excluding tert-OH is 5. The minimum atomic E-state index is -4.29. The van der Waals surface area contributed by atoms with Gasteiger partial charge in [0, 0.05) is 25.9 Å². The summed E-state index contributed by atoms with van der Waals surface area (Å²) in [6.07, 6.45) is -15.0. The number of nitrogens with one attached hydrogen (secondary N) is 3. The molecule has 3 aromatic carbocycles. The van der Waals surface area contributed by atoms with Crippen molar-refractivity contribution >= 4 is 56.5 Å². The van der Waals surface area contributed by atoms with Crippen LogP contribution in [0.4, 0.5) is 37.8 Å². The van der Waals surface area contributed by atoms with Gasteiger partial charge in [-0.15, -0.1) is 0 Å². The number of anilines is 2. The van der Waals surface area contributed by atoms with E-state index in [0.717, 1.165) is 0 Å². The van der Waals surface area contributed by atoms with Crippen LogP contribution in [-0.4, -0.2) is 181 Å². The van der Waals surface area contributed by atoms with Gasteiger partial charge in [0.15, 0.2) is 6.10 Å². The number of esters is 1. The number of nitrogens with zero attached hydrogens (tertiary/aromatic N) is 3. The standard InChI is InChI=1S/C53H58F6N8O20S/c1-2-83-30-5-3-4-28(54)27(30)8-7-26-23-67(51-45(74)42(71)32(84-51)21-64-88(61,78)79)50-36(26)49(60)63-24-66(50)22-25-6-9-31(85-53-46(75)43(72)44(73)48(87-53)52(76)77)29(20-25)65-34(69)10-13-62-33(68)11-14-80-16-18-82-19-17-81-15-12-35(70)86-47-40(58)38(56)37(55)39(57)41(47)59/h3-6,9,20,23-24,32,42-46,48,51,53,60,64,71-75H,2,10-19,21-22H2,1H3,(H5,61,62,65,68,69,76,77,78,79)/p+1/t32-,42-,43+,44+,45-,46-,48+,51-,53-/m1/s1. The third-order valence-electron chi connectivity index (χ3n) is 13.0. The topological polar surface area (TPSA) is 407 Å². The van der Waals surface area contributed by atoms with Crippen molar-refractivity contribution in [2.45, 2.75) is 88.0 Å². The average Bonchev–Trinajstić information content (AvgIpc) is 2.29. The number of hydrogen-bond donors (Lipinski definition) is 11. The number of nitrogens with two attached hydrogens (primary N) is 2. The van der Waals surface area contributed by atoms with Crippen LogP contribution in [0.5, 0.6) is 17.2 Å². The molecule has 0 saturated carbocycles. The number of carbonyl (C=O) groups excluding carboxylic acids is 3. The number of ether oxygens (including phenoxy) is 8. The van der Waals surface area contributed by atoms with Crippen molar-refractivity contribution in [3.63, 3.8) is 0 Å². The first-order valence-electron chi connectivity index (χ1n) is 26.4. The third-order valence-corrected chi connectivity index (χ3v) is 13.6. The van der Waals surface area contributed by atoms with Gasteiger partial charge in [0.1, 0.15) is 64.9 Å². The number of carbonyl (C=O) groups is 4. The molecule has 2 fully saturated rings. The maximum absolute atomic E-state index is 15.2. The molecule has 13 N–H and O–H groups in total. The average molecular weight is 1270 g/mol. The van der Waals surface area contributed by atoms with Gasteiger partial charge in [0.2, 0.25) is 77.0 Å². The molecule has 2 amide bonds. The highest BCUT2D eigenvalue weighted by Crippen LogP contribution is 2.36. The molecule has 5 aromatic rings. The summed E-state index contributed by atoms with van der Waals surface area (Å²) in [5, 5.41) is 74.2. The molecule has 2 aliphatic heterocycles. The van der Waals surface area contributed by atoms with Crippen LogP contribution >= 0.6 is 0 Å². The van der Waals surface area contributed by atoms with Gasteiger partial charge in [0.05, 0.1) is 76.7 Å². The SMILES string of the molecule is CCOc1cccc(F)c1C#Cc1cn([C@@H]2O[C@H](CNS(N)(=O)=O)[C@@H](O)[C@H]2O)c2c1c(N)nc[n+]2Cc1ccc(O[C@@H]2O[C@H](C(=O)O)[C@@H](O)[C@H](O)[C@H]2O)c(NC(=O)CCNC(=O)CCOCCOCCOCCC(=O)Oc2c(F)c(F)c(F)c(F)c2F)c1. The number of aromatic nitrogens is 3. The van der Waals surface area contributed by atoms with E-state index in [0.29, 0.717) is 5.56 Å². The Morgan fingerprint density at radius 3 is 2.10 bits per heavy atom. The maximum Gasteiger partial charge on any atom is 0.335 e. The number of nitrogen functional groups attached to an aromatic ring is 1. The Morgan fingerprint density at radius 2 is 1.44 bits per heavy atom. The van der Waals surface area contributed by atoms with Crippen LogP contribution < -0.4 is 45.0 Å². The van der Waals surface area contributed by atoms with Gasteiger partial charge in [-0.2, -0.15) is 21.9 Å². The molecule has 7 rings (SSSR count). The van der Waals surface area contributed by atoms with E-state index in [2.05, 4.69) is 32.2 Å². The fourth-order valence-corrected chi connectivity index (χ4v) is 9.13. The molecule has 478 valence electrons. The van der Waals surface area contributed by atoms with Gasteiger partial charge >= 0.3 is 11.9 Å². The van der Waals surface area contributed by atoms with E-state index in [4.69, 9.17) is 44.0 Å². The molecule has 28 nitrogen and oxygen atoms in total. The van der Waals surface area contributed by atoms with Crippen molar-refractivity contribution in [1.82, 2.24) is 19.6 Å². The van der Waals surface area contributed by atoms with Gasteiger partial charge in [-0.25, -0.2) is 36.6 Å². The Labute approximate surface area is 494 Å². The molecule has 0 unspecified atom stereocenters. The molecule has 2 aromatic heterocycles. The Balaban J connectivity index is 1.01. The molecular formula is C53H59F6N8O20S+. The minimum absolute atomic E-state index is 0.00663. The number of aliphatic carboxylic acids is 1. The number of carboxylic acids is 1. The molecule has 88 heavy (non-hydrogen) atoms. The lowest BCUT2D eigenvalue weighted by atomic mass is 9.99. The van der Waals surface area contributed by atoms with Crippen molar-refractivity contribution in [3.05, 3.63) is 101 Å². The lowest BCUT2D eigenvalue weighted by Gasteiger charge is -2.38. The summed E-state index contributed by atoms with van der Waals surface area (Å²) in [4.78, 5) is 54.4. The second-order valence-corrected chi connectivity index (χ2v) is 20.6. The van der Waals surface area contributed by atoms with Crippen LogP contribution in [-0.2, 0) is 59.6 Å². The van der Waals surface area contributed by atoms with Gasteiger partial charge in [-0.1, -0.05) is 29.0 Å². The van der Waals surface area contributed by atoms with Crippen molar-refractivity contribution < 1.29 is 127 Å². The highest BCUT2D eigenvalue weighted by atomic mass is 32.2. The Morgan fingerprint density at radius 1 is 0.784 bits per heavy atom. The van der Waals surface area contributed by atoms with E-state index in [9.17, 15) is 80.2 Å². The first-order valence-corrected chi connectivity index (χ1v) is 28.0. The van der Waals surface area contributed by atoms with Crippen LogP contribution in [0.1, 0.15) is 49.1 Å². The van der Waals surface area contributed by atoms with Crippen molar-refractivity contribution in [3.8, 4) is 29.1 Å². The van der Waals surface area contributed by atoms with E-state index in [1.54, 1.807) is 6.92 Å². The number of fused-ring (bicyclic) bond motifs is 1. The number of amides is 2. The monoisotopic (exact) mass is 1270 g/mol. The second-order valence-electron chi connectivity index (χ2n) is 19.2. The molecule has 0 spiro atoms. The number of benzene rings is 3. The van der Waals surface area contributed by atoms with E-state index in [-0.39, 0.29) is 117 Å². The smallest absolute Gasteiger partial charge is 0.335 e. The molecule has 0 bridgehead atoms. The maximum atomic E-state index is 15.2. The molecule has 0 radical (unpaired) electrons. The van der Waals surface area contributed by atoms with E-state index in [1.807, 2.05) is 4.72 Å². The van der Waals surface area contributed by atoms with E-state index >= 15 is 4.39 Å². The van der Waals surface area contributed by atoms with E-state index < -0.39 is 143 Å². The van der Waals surface area contributed by atoms with Crippen molar-refractivity contribution in [2.24, 2.45) is 5.14 Å². The first-order chi connectivity index (χ1) is 41.8. The Hall–Kier alpha value is -7.83. The molecule has 35 heteroatoms. The zero-order valence-corrected chi connectivity index (χ0v) is 46.9. The summed E-state index contributed by atoms with van der Waals surface area (Å²) in [7, 11) is -4.29. The molecule has 2 aliphatic rings.